The first-order chi connectivity index (χ1) is 16.0. The van der Waals surface area contributed by atoms with Crippen molar-refractivity contribution in [3.05, 3.63) is 11.6 Å². The molecule has 0 spiro atoms. The highest BCUT2D eigenvalue weighted by Gasteiger charge is 2.59. The third-order valence-corrected chi connectivity index (χ3v) is 10.9. The normalized spacial score (nSPS) is 40.3. The van der Waals surface area contributed by atoms with E-state index in [2.05, 4.69) is 40.7 Å². The Kier molecular flexibility index (Phi) is 7.80. The molecule has 3 nitrogen and oxygen atoms in total. The van der Waals surface area contributed by atoms with Crippen LogP contribution in [0.2, 0.25) is 0 Å². The summed E-state index contributed by atoms with van der Waals surface area (Å²) < 4.78 is 10.9. The van der Waals surface area contributed by atoms with Gasteiger partial charge in [0.2, 0.25) is 0 Å². The van der Waals surface area contributed by atoms with Crippen LogP contribution in [0, 0.1) is 46.3 Å². The summed E-state index contributed by atoms with van der Waals surface area (Å²) in [6, 6.07) is 0. The predicted molar refractivity (Wildman–Crippen MR) is 140 cm³/mol. The maximum Gasteiger partial charge on any atom is 0.508 e. The standard InChI is InChI=1S/C31H52O3/c1-20(2)9-8-10-22(5)26-13-14-27-25-12-11-23-19-24(34-29(32)33-21(3)4)15-17-30(23,6)28(25)16-18-31(26,27)7/h11,20-22,24-28H,8-10,12-19H2,1-7H3/t22?,24-,25-,26+,27-,28-,30-,31+/m0/s1. The predicted octanol–water partition coefficient (Wildman–Crippen LogP) is 8.96. The van der Waals surface area contributed by atoms with Gasteiger partial charge in [0.05, 0.1) is 6.10 Å². The first kappa shape index (κ1) is 26.1. The van der Waals surface area contributed by atoms with Crippen molar-refractivity contribution < 1.29 is 14.3 Å². The molecule has 3 saturated carbocycles. The highest BCUT2D eigenvalue weighted by Crippen LogP contribution is 2.67. The molecular weight excluding hydrogens is 420 g/mol. The molecule has 4 aliphatic rings. The molecule has 3 fully saturated rings. The lowest BCUT2D eigenvalue weighted by atomic mass is 9.47. The van der Waals surface area contributed by atoms with E-state index in [9.17, 15) is 4.79 Å². The smallest absolute Gasteiger partial charge is 0.432 e. The fourth-order valence-electron chi connectivity index (χ4n) is 9.11. The second kappa shape index (κ2) is 10.2. The van der Waals surface area contributed by atoms with Crippen LogP contribution in [0.4, 0.5) is 4.79 Å². The molecule has 0 N–H and O–H groups in total. The lowest BCUT2D eigenvalue weighted by molar-refractivity contribution is -0.0629. The second-order valence-electron chi connectivity index (χ2n) is 13.7. The monoisotopic (exact) mass is 472 g/mol. The fraction of sp³-hybridized carbons (Fsp3) is 0.903. The fourth-order valence-corrected chi connectivity index (χ4v) is 9.11. The number of carbonyl (C=O) groups excluding carboxylic acids is 1. The highest BCUT2D eigenvalue weighted by molar-refractivity contribution is 5.60. The molecular formula is C31H52O3. The quantitative estimate of drug-likeness (QED) is 0.274. The van der Waals surface area contributed by atoms with Crippen LogP contribution in [0.5, 0.6) is 0 Å². The molecule has 1 unspecified atom stereocenters. The largest absolute Gasteiger partial charge is 0.508 e. The molecule has 8 atom stereocenters. The zero-order valence-corrected chi connectivity index (χ0v) is 23.2. The van der Waals surface area contributed by atoms with Crippen LogP contribution in [0.25, 0.3) is 0 Å². The van der Waals surface area contributed by atoms with Crippen LogP contribution >= 0.6 is 0 Å². The van der Waals surface area contributed by atoms with Gasteiger partial charge in [0.25, 0.3) is 0 Å². The number of ether oxygens (including phenoxy) is 2. The Bertz CT molecular complexity index is 754. The maximum absolute atomic E-state index is 12.1. The molecule has 0 aromatic carbocycles. The third kappa shape index (κ3) is 4.96. The zero-order chi connectivity index (χ0) is 24.7. The second-order valence-corrected chi connectivity index (χ2v) is 13.7. The van der Waals surface area contributed by atoms with Crippen LogP contribution in [0.15, 0.2) is 11.6 Å². The molecule has 0 amide bonds. The Labute approximate surface area is 209 Å². The van der Waals surface area contributed by atoms with E-state index in [0.717, 1.165) is 54.8 Å². The third-order valence-electron chi connectivity index (χ3n) is 10.9. The van der Waals surface area contributed by atoms with Crippen LogP contribution in [-0.2, 0) is 9.47 Å². The minimum absolute atomic E-state index is 0.0152. The summed E-state index contributed by atoms with van der Waals surface area (Å²) in [7, 11) is 0. The summed E-state index contributed by atoms with van der Waals surface area (Å²) in [6.45, 7) is 16.3. The first-order valence-corrected chi connectivity index (χ1v) is 14.6. The molecule has 34 heavy (non-hydrogen) atoms. The summed E-state index contributed by atoms with van der Waals surface area (Å²) in [5.74, 6) is 5.18. The van der Waals surface area contributed by atoms with Crippen molar-refractivity contribution in [1.82, 2.24) is 0 Å². The van der Waals surface area contributed by atoms with Crippen molar-refractivity contribution >= 4 is 6.16 Å². The van der Waals surface area contributed by atoms with Crippen molar-refractivity contribution in [2.45, 2.75) is 131 Å². The number of hydrogen-bond donors (Lipinski definition) is 0. The zero-order valence-electron chi connectivity index (χ0n) is 23.2. The molecule has 4 aliphatic carbocycles. The summed E-state index contributed by atoms with van der Waals surface area (Å²) in [4.78, 5) is 12.1. The minimum atomic E-state index is -0.495. The van der Waals surface area contributed by atoms with E-state index in [1.807, 2.05) is 13.8 Å². The molecule has 0 aliphatic heterocycles. The molecule has 0 aromatic heterocycles. The van der Waals surface area contributed by atoms with Gasteiger partial charge in [-0.2, -0.15) is 0 Å². The topological polar surface area (TPSA) is 35.5 Å². The van der Waals surface area contributed by atoms with E-state index in [-0.39, 0.29) is 12.2 Å². The Balaban J connectivity index is 1.42. The Hall–Kier alpha value is -0.990. The first-order valence-electron chi connectivity index (χ1n) is 14.6. The molecule has 0 aromatic rings. The Morgan fingerprint density at radius 1 is 1.00 bits per heavy atom. The van der Waals surface area contributed by atoms with Gasteiger partial charge in [-0.05, 0) is 105 Å². The number of allylic oxidation sites excluding steroid dienone is 1. The van der Waals surface area contributed by atoms with Gasteiger partial charge in [-0.15, -0.1) is 0 Å². The number of carbonyl (C=O) groups is 1. The summed E-state index contributed by atoms with van der Waals surface area (Å²) in [5.41, 5.74) is 2.41. The molecule has 4 rings (SSSR count). The maximum atomic E-state index is 12.1. The average Bonchev–Trinajstić information content (AvgIpc) is 3.10. The molecule has 0 saturated heterocycles. The van der Waals surface area contributed by atoms with Crippen LogP contribution in [-0.4, -0.2) is 18.4 Å². The van der Waals surface area contributed by atoms with Gasteiger partial charge in [0.15, 0.2) is 0 Å². The van der Waals surface area contributed by atoms with Crippen molar-refractivity contribution in [1.29, 1.82) is 0 Å². The molecule has 0 heterocycles. The SMILES string of the molecule is CC(C)CCCC(C)[C@H]1CC[C@H]2[C@@H]3CC=C4C[C@@H](OC(=O)OC(C)C)CC[C@]4(C)[C@H]3CC[C@]12C. The minimum Gasteiger partial charge on any atom is -0.432 e. The Morgan fingerprint density at radius 3 is 2.47 bits per heavy atom. The average molecular weight is 473 g/mol. The van der Waals surface area contributed by atoms with Crippen molar-refractivity contribution in [3.63, 3.8) is 0 Å². The van der Waals surface area contributed by atoms with Gasteiger partial charge in [-0.1, -0.05) is 65.5 Å². The van der Waals surface area contributed by atoms with Gasteiger partial charge in [0, 0.05) is 6.42 Å². The number of hydrogen-bond acceptors (Lipinski definition) is 3. The summed E-state index contributed by atoms with van der Waals surface area (Å²) in [6.07, 6.45) is 16.1. The van der Waals surface area contributed by atoms with Crippen molar-refractivity contribution in [3.8, 4) is 0 Å². The molecule has 3 heteroatoms. The Morgan fingerprint density at radius 2 is 1.76 bits per heavy atom. The van der Waals surface area contributed by atoms with Crippen LogP contribution in [0.3, 0.4) is 0 Å². The van der Waals surface area contributed by atoms with Crippen molar-refractivity contribution in [2.75, 3.05) is 0 Å². The number of fused-ring (bicyclic) bond motifs is 5. The summed E-state index contributed by atoms with van der Waals surface area (Å²) >= 11 is 0. The van der Waals surface area contributed by atoms with Crippen LogP contribution < -0.4 is 0 Å². The van der Waals surface area contributed by atoms with Crippen molar-refractivity contribution in [2.24, 2.45) is 46.3 Å². The van der Waals surface area contributed by atoms with Gasteiger partial charge < -0.3 is 9.47 Å². The molecule has 194 valence electrons. The molecule has 0 radical (unpaired) electrons. The molecule has 0 bridgehead atoms. The lowest BCUT2D eigenvalue weighted by Gasteiger charge is -2.58. The van der Waals surface area contributed by atoms with E-state index >= 15 is 0 Å². The number of rotatable bonds is 7. The van der Waals surface area contributed by atoms with E-state index in [1.165, 1.54) is 51.4 Å². The highest BCUT2D eigenvalue weighted by atomic mass is 16.7. The van der Waals surface area contributed by atoms with E-state index in [1.54, 1.807) is 5.57 Å². The summed E-state index contributed by atoms with van der Waals surface area (Å²) in [5, 5.41) is 0. The van der Waals surface area contributed by atoms with Crippen LogP contribution in [0.1, 0.15) is 119 Å². The van der Waals surface area contributed by atoms with E-state index < -0.39 is 6.16 Å². The lowest BCUT2D eigenvalue weighted by Crippen LogP contribution is -2.51. The van der Waals surface area contributed by atoms with Gasteiger partial charge in [0.1, 0.15) is 6.10 Å². The van der Waals surface area contributed by atoms with Gasteiger partial charge in [-0.25, -0.2) is 4.79 Å². The van der Waals surface area contributed by atoms with E-state index in [4.69, 9.17) is 9.47 Å². The van der Waals surface area contributed by atoms with Gasteiger partial charge in [-0.3, -0.25) is 0 Å². The van der Waals surface area contributed by atoms with Gasteiger partial charge >= 0.3 is 6.16 Å². The van der Waals surface area contributed by atoms with E-state index in [0.29, 0.717) is 10.8 Å².